The summed E-state index contributed by atoms with van der Waals surface area (Å²) in [6, 6.07) is 10.9. The summed E-state index contributed by atoms with van der Waals surface area (Å²) in [6.07, 6.45) is 0. The molecule has 4 rings (SSSR count). The fraction of sp³-hybridized carbons (Fsp3) is 0.182. The van der Waals surface area contributed by atoms with Gasteiger partial charge in [-0.3, -0.25) is 25.3 Å². The van der Waals surface area contributed by atoms with Gasteiger partial charge in [-0.1, -0.05) is 5.21 Å². The van der Waals surface area contributed by atoms with Gasteiger partial charge in [0.1, 0.15) is 33.9 Å². The maximum atomic E-state index is 11.4. The Labute approximate surface area is 203 Å². The number of H-pyrrole nitrogens is 1. The van der Waals surface area contributed by atoms with Gasteiger partial charge in [-0.2, -0.15) is 0 Å². The Morgan fingerprint density at radius 2 is 1.72 bits per heavy atom. The van der Waals surface area contributed by atoms with Crippen molar-refractivity contribution in [3.63, 3.8) is 0 Å². The number of azo groups is 1. The summed E-state index contributed by atoms with van der Waals surface area (Å²) in [5.74, 6) is 1.25. The average Bonchev–Trinajstić information content (AvgIpc) is 3.35. The van der Waals surface area contributed by atoms with Gasteiger partial charge in [-0.15, -0.1) is 15.3 Å². The molecule has 184 valence electrons. The Kier molecular flexibility index (Phi) is 6.67. The molecule has 3 aromatic carbocycles. The molecular weight excluding hydrogens is 472 g/mol. The molecule has 2 N–H and O–H groups in total. The lowest BCUT2D eigenvalue weighted by molar-refractivity contribution is -0.394. The van der Waals surface area contributed by atoms with E-state index in [9.17, 15) is 20.2 Å². The van der Waals surface area contributed by atoms with Crippen molar-refractivity contribution in [2.75, 3.05) is 19.5 Å². The zero-order valence-electron chi connectivity index (χ0n) is 19.4. The lowest BCUT2D eigenvalue weighted by Crippen LogP contribution is -2.01. The monoisotopic (exact) mass is 492 g/mol. The Bertz CT molecular complexity index is 1480. The number of aromatic nitrogens is 3. The number of nitrogens with zero attached hydrogens (tertiary/aromatic N) is 6. The molecule has 0 fully saturated rings. The quantitative estimate of drug-likeness (QED) is 0.182. The zero-order chi connectivity index (χ0) is 25.8. The second-order valence-electron chi connectivity index (χ2n) is 7.57. The van der Waals surface area contributed by atoms with Crippen molar-refractivity contribution in [2.24, 2.45) is 10.2 Å². The third-order valence-electron chi connectivity index (χ3n) is 5.37. The number of fused-ring (bicyclic) bond motifs is 1. The van der Waals surface area contributed by atoms with E-state index in [0.29, 0.717) is 40.5 Å². The van der Waals surface area contributed by atoms with E-state index in [0.717, 1.165) is 17.7 Å². The minimum Gasteiger partial charge on any atom is -0.497 e. The average molecular weight is 492 g/mol. The van der Waals surface area contributed by atoms with Gasteiger partial charge < -0.3 is 14.8 Å². The Morgan fingerprint density at radius 1 is 1.00 bits per heavy atom. The highest BCUT2D eigenvalue weighted by atomic mass is 16.6. The molecule has 36 heavy (non-hydrogen) atoms. The van der Waals surface area contributed by atoms with Gasteiger partial charge in [-0.05, 0) is 36.8 Å². The van der Waals surface area contributed by atoms with Crippen LogP contribution in [0.15, 0.2) is 52.7 Å². The molecule has 0 aliphatic heterocycles. The van der Waals surface area contributed by atoms with Crippen molar-refractivity contribution >= 4 is 39.5 Å². The maximum Gasteiger partial charge on any atom is 0.281 e. The van der Waals surface area contributed by atoms with Gasteiger partial charge in [0.25, 0.3) is 11.4 Å². The molecule has 0 saturated heterocycles. The van der Waals surface area contributed by atoms with E-state index in [1.165, 1.54) is 6.92 Å². The van der Waals surface area contributed by atoms with E-state index in [1.54, 1.807) is 32.4 Å². The maximum absolute atomic E-state index is 11.4. The number of rotatable bonds is 9. The number of hydrogen-bond acceptors (Lipinski definition) is 11. The topological polar surface area (TPSA) is 183 Å². The molecule has 0 aliphatic carbocycles. The number of nitro benzene ring substituents is 2. The molecule has 0 spiro atoms. The molecule has 0 saturated carbocycles. The lowest BCUT2D eigenvalue weighted by atomic mass is 10.1. The number of methoxy groups -OCH3 is 2. The van der Waals surface area contributed by atoms with E-state index >= 15 is 0 Å². The summed E-state index contributed by atoms with van der Waals surface area (Å²) in [7, 11) is 3.12. The molecule has 4 aromatic rings. The third kappa shape index (κ3) is 4.86. The number of aromatic amines is 1. The van der Waals surface area contributed by atoms with Crippen LogP contribution < -0.4 is 14.8 Å². The third-order valence-corrected chi connectivity index (χ3v) is 5.37. The number of hydrogen-bond donors (Lipinski definition) is 2. The minimum absolute atomic E-state index is 0.0103. The molecule has 0 amide bonds. The van der Waals surface area contributed by atoms with Crippen molar-refractivity contribution in [2.45, 2.75) is 13.5 Å². The van der Waals surface area contributed by atoms with Crippen molar-refractivity contribution in [3.05, 3.63) is 73.8 Å². The van der Waals surface area contributed by atoms with Gasteiger partial charge >= 0.3 is 0 Å². The summed E-state index contributed by atoms with van der Waals surface area (Å²) < 4.78 is 10.6. The number of non-ortho nitro benzene ring substituents is 1. The molecule has 0 atom stereocenters. The van der Waals surface area contributed by atoms with Crippen LogP contribution in [0.3, 0.4) is 0 Å². The summed E-state index contributed by atoms with van der Waals surface area (Å²) in [5, 5.41) is 44.9. The SMILES string of the molecule is COc1cc(CNc2ccc3nn[nH]c3c2N=Nc2cc([N+](=O)[O-])cc([N+](=O)[O-])c2C)cc(OC)c1. The Balaban J connectivity index is 1.73. The second-order valence-corrected chi connectivity index (χ2v) is 7.57. The molecule has 0 radical (unpaired) electrons. The van der Waals surface area contributed by atoms with E-state index in [1.807, 2.05) is 12.1 Å². The van der Waals surface area contributed by atoms with Crippen LogP contribution in [0.1, 0.15) is 11.1 Å². The fourth-order valence-electron chi connectivity index (χ4n) is 3.49. The molecule has 14 heteroatoms. The van der Waals surface area contributed by atoms with Gasteiger partial charge in [0, 0.05) is 18.7 Å². The highest BCUT2D eigenvalue weighted by molar-refractivity contribution is 5.93. The van der Waals surface area contributed by atoms with Crippen LogP contribution in [-0.4, -0.2) is 39.5 Å². The number of nitrogens with one attached hydrogen (secondary N) is 2. The normalized spacial score (nSPS) is 11.1. The molecule has 0 bridgehead atoms. The zero-order valence-corrected chi connectivity index (χ0v) is 19.4. The predicted octanol–water partition coefficient (Wildman–Crippen LogP) is 5.13. The standard InChI is InChI=1S/C22H20N8O6/c1-12-19(8-14(29(31)32)9-20(12)30(33)34)24-26-21-17(4-5-18-22(21)27-28-25-18)23-11-13-6-15(35-2)10-16(7-13)36-3/h4-10,23H,11H2,1-3H3,(H,25,27,28). The number of anilines is 1. The molecular formula is C22H20N8O6. The Morgan fingerprint density at radius 3 is 2.36 bits per heavy atom. The molecule has 0 aliphatic rings. The first-order chi connectivity index (χ1) is 17.3. The van der Waals surface area contributed by atoms with E-state index in [-0.39, 0.29) is 11.3 Å². The van der Waals surface area contributed by atoms with Crippen molar-refractivity contribution in [3.8, 4) is 11.5 Å². The van der Waals surface area contributed by atoms with Crippen molar-refractivity contribution in [1.29, 1.82) is 0 Å². The van der Waals surface area contributed by atoms with Crippen LogP contribution in [0.4, 0.5) is 28.4 Å². The lowest BCUT2D eigenvalue weighted by Gasteiger charge is -2.12. The first-order valence-electron chi connectivity index (χ1n) is 10.5. The first-order valence-corrected chi connectivity index (χ1v) is 10.5. The van der Waals surface area contributed by atoms with Gasteiger partial charge in [0.2, 0.25) is 0 Å². The largest absolute Gasteiger partial charge is 0.497 e. The smallest absolute Gasteiger partial charge is 0.281 e. The number of nitro groups is 2. The molecule has 1 aromatic heterocycles. The summed E-state index contributed by atoms with van der Waals surface area (Å²) in [6.45, 7) is 1.81. The number of ether oxygens (including phenoxy) is 2. The van der Waals surface area contributed by atoms with E-state index < -0.39 is 21.2 Å². The van der Waals surface area contributed by atoms with Crippen molar-refractivity contribution in [1.82, 2.24) is 15.4 Å². The first kappa shape index (κ1) is 24.0. The fourth-order valence-corrected chi connectivity index (χ4v) is 3.49. The van der Waals surface area contributed by atoms with Crippen molar-refractivity contribution < 1.29 is 19.3 Å². The van der Waals surface area contributed by atoms with Crippen LogP contribution in [0.5, 0.6) is 11.5 Å². The Hall–Kier alpha value is -5.14. The van der Waals surface area contributed by atoms with Gasteiger partial charge in [0.15, 0.2) is 0 Å². The van der Waals surface area contributed by atoms with E-state index in [2.05, 4.69) is 31.0 Å². The highest BCUT2D eigenvalue weighted by Crippen LogP contribution is 2.37. The second kappa shape index (κ2) is 10.0. The predicted molar refractivity (Wildman–Crippen MR) is 129 cm³/mol. The molecule has 14 nitrogen and oxygen atoms in total. The van der Waals surface area contributed by atoms with E-state index in [4.69, 9.17) is 9.47 Å². The van der Waals surface area contributed by atoms with Crippen LogP contribution in [0, 0.1) is 27.2 Å². The van der Waals surface area contributed by atoms with Crippen LogP contribution in [0.2, 0.25) is 0 Å². The number of benzene rings is 3. The molecule has 1 heterocycles. The van der Waals surface area contributed by atoms with Crippen LogP contribution in [0.25, 0.3) is 11.0 Å². The molecule has 0 unspecified atom stereocenters. The van der Waals surface area contributed by atoms with Gasteiger partial charge in [0.05, 0.1) is 41.4 Å². The highest BCUT2D eigenvalue weighted by Gasteiger charge is 2.22. The summed E-state index contributed by atoms with van der Waals surface area (Å²) in [4.78, 5) is 21.3. The summed E-state index contributed by atoms with van der Waals surface area (Å²) >= 11 is 0. The minimum atomic E-state index is -0.722. The van der Waals surface area contributed by atoms with Gasteiger partial charge in [-0.25, -0.2) is 0 Å². The summed E-state index contributed by atoms with van der Waals surface area (Å²) in [5.41, 5.74) is 1.95. The van der Waals surface area contributed by atoms with Crippen LogP contribution in [-0.2, 0) is 6.54 Å². The van der Waals surface area contributed by atoms with Crippen LogP contribution >= 0.6 is 0 Å².